The van der Waals surface area contributed by atoms with Crippen LogP contribution in [0.4, 0.5) is 5.13 Å². The molecule has 2 aromatic heterocycles. The van der Waals surface area contributed by atoms with Gasteiger partial charge in [0, 0.05) is 11.1 Å². The molecule has 5 nitrogen and oxygen atoms in total. The van der Waals surface area contributed by atoms with Crippen LogP contribution >= 0.6 is 45.9 Å². The smallest absolute Gasteiger partial charge is 0.267 e. The maximum Gasteiger partial charge on any atom is 0.267 e. The Morgan fingerprint density at radius 3 is 2.88 bits per heavy atom. The number of benzene rings is 1. The number of nitrogens with one attached hydrogen (secondary N) is 1. The summed E-state index contributed by atoms with van der Waals surface area (Å²) in [6.07, 6.45) is -0.254. The summed E-state index contributed by atoms with van der Waals surface area (Å²) in [5.74, 6) is 0.0557. The second kappa shape index (κ2) is 8.14. The van der Waals surface area contributed by atoms with Gasteiger partial charge in [-0.2, -0.15) is 0 Å². The minimum Gasteiger partial charge on any atom is -0.479 e. The SMILES string of the molecule is CC[C@H](Oc1cc(Cl)ccc1Cl)C(=O)Nc1nnc(-c2cccs2)s1. The summed E-state index contributed by atoms with van der Waals surface area (Å²) < 4.78 is 5.72. The van der Waals surface area contributed by atoms with Gasteiger partial charge in [-0.3, -0.25) is 10.1 Å². The summed E-state index contributed by atoms with van der Waals surface area (Å²) in [4.78, 5) is 13.5. The molecule has 2 heterocycles. The van der Waals surface area contributed by atoms with Crippen molar-refractivity contribution in [2.75, 3.05) is 5.32 Å². The normalized spacial score (nSPS) is 12.0. The Morgan fingerprint density at radius 1 is 1.32 bits per heavy atom. The predicted molar refractivity (Wildman–Crippen MR) is 103 cm³/mol. The number of ether oxygens (including phenoxy) is 1. The maximum atomic E-state index is 12.5. The quantitative estimate of drug-likeness (QED) is 0.589. The first kappa shape index (κ1) is 18.1. The number of thiophene rings is 1. The van der Waals surface area contributed by atoms with Crippen molar-refractivity contribution in [1.29, 1.82) is 0 Å². The van der Waals surface area contributed by atoms with E-state index in [0.29, 0.717) is 27.3 Å². The monoisotopic (exact) mass is 413 g/mol. The molecule has 0 spiro atoms. The van der Waals surface area contributed by atoms with Gasteiger partial charge < -0.3 is 4.74 Å². The average molecular weight is 414 g/mol. The molecule has 0 aliphatic rings. The number of rotatable bonds is 6. The molecule has 1 atom stereocenters. The molecule has 0 radical (unpaired) electrons. The molecule has 3 aromatic rings. The van der Waals surface area contributed by atoms with E-state index in [0.717, 1.165) is 9.88 Å². The molecule has 0 saturated carbocycles. The zero-order chi connectivity index (χ0) is 17.8. The summed E-state index contributed by atoms with van der Waals surface area (Å²) in [7, 11) is 0. The van der Waals surface area contributed by atoms with Crippen molar-refractivity contribution in [3.63, 3.8) is 0 Å². The van der Waals surface area contributed by atoms with Crippen LogP contribution in [0.5, 0.6) is 5.75 Å². The maximum absolute atomic E-state index is 12.5. The molecule has 0 bridgehead atoms. The van der Waals surface area contributed by atoms with Crippen LogP contribution in [0, 0.1) is 0 Å². The first-order valence-electron chi connectivity index (χ1n) is 7.36. The predicted octanol–water partition coefficient (Wildman–Crippen LogP) is 5.37. The molecule has 0 fully saturated rings. The van der Waals surface area contributed by atoms with E-state index in [1.165, 1.54) is 11.3 Å². The molecule has 25 heavy (non-hydrogen) atoms. The van der Waals surface area contributed by atoms with Crippen LogP contribution in [0.1, 0.15) is 13.3 Å². The number of anilines is 1. The van der Waals surface area contributed by atoms with E-state index in [9.17, 15) is 4.79 Å². The summed E-state index contributed by atoms with van der Waals surface area (Å²) in [6, 6.07) is 8.76. The second-order valence-corrected chi connectivity index (χ2v) is 7.74. The Morgan fingerprint density at radius 2 is 2.16 bits per heavy atom. The molecular weight excluding hydrogens is 401 g/mol. The zero-order valence-electron chi connectivity index (χ0n) is 13.0. The number of aromatic nitrogens is 2. The highest BCUT2D eigenvalue weighted by atomic mass is 35.5. The summed E-state index contributed by atoms with van der Waals surface area (Å²) in [6.45, 7) is 1.85. The number of carbonyl (C=O) groups excluding carboxylic acids is 1. The fourth-order valence-corrected chi connectivity index (χ4v) is 3.87. The minimum absolute atomic E-state index is 0.313. The van der Waals surface area contributed by atoms with Gasteiger partial charge in [-0.1, -0.05) is 47.5 Å². The third kappa shape index (κ3) is 4.49. The van der Waals surface area contributed by atoms with E-state index in [1.807, 2.05) is 24.4 Å². The average Bonchev–Trinajstić information content (AvgIpc) is 3.26. The number of hydrogen-bond acceptors (Lipinski definition) is 6. The number of carbonyl (C=O) groups is 1. The van der Waals surface area contributed by atoms with Crippen molar-refractivity contribution in [3.8, 4) is 15.6 Å². The van der Waals surface area contributed by atoms with Crippen molar-refractivity contribution >= 4 is 56.9 Å². The van der Waals surface area contributed by atoms with Crippen molar-refractivity contribution in [2.45, 2.75) is 19.4 Å². The van der Waals surface area contributed by atoms with Crippen molar-refractivity contribution in [1.82, 2.24) is 10.2 Å². The molecule has 3 rings (SSSR count). The lowest BCUT2D eigenvalue weighted by Gasteiger charge is -2.17. The van der Waals surface area contributed by atoms with Gasteiger partial charge in [-0.25, -0.2) is 0 Å². The zero-order valence-corrected chi connectivity index (χ0v) is 16.2. The van der Waals surface area contributed by atoms with Gasteiger partial charge in [0.05, 0.1) is 9.90 Å². The number of amides is 1. The van der Waals surface area contributed by atoms with Gasteiger partial charge in [0.2, 0.25) is 5.13 Å². The van der Waals surface area contributed by atoms with E-state index in [1.54, 1.807) is 29.5 Å². The Bertz CT molecular complexity index is 868. The third-order valence-corrected chi connectivity index (χ3v) is 5.64. The number of nitrogens with zero attached hydrogens (tertiary/aromatic N) is 2. The first-order chi connectivity index (χ1) is 12.1. The standard InChI is InChI=1S/C16H13Cl2N3O2S2/c1-2-11(23-12-8-9(17)5-6-10(12)18)14(22)19-16-21-20-15(25-16)13-4-3-7-24-13/h3-8,11H,2H2,1H3,(H,19,21,22)/t11-/m0/s1. The van der Waals surface area contributed by atoms with Crippen LogP contribution in [0.25, 0.3) is 9.88 Å². The topological polar surface area (TPSA) is 64.1 Å². The highest BCUT2D eigenvalue weighted by Gasteiger charge is 2.21. The summed E-state index contributed by atoms with van der Waals surface area (Å²) in [5.41, 5.74) is 0. The van der Waals surface area contributed by atoms with Gasteiger partial charge in [0.25, 0.3) is 5.91 Å². The van der Waals surface area contributed by atoms with Gasteiger partial charge in [0.15, 0.2) is 11.1 Å². The number of hydrogen-bond donors (Lipinski definition) is 1. The van der Waals surface area contributed by atoms with Crippen molar-refractivity contribution < 1.29 is 9.53 Å². The molecular formula is C16H13Cl2N3O2S2. The molecule has 0 aliphatic heterocycles. The fourth-order valence-electron chi connectivity index (χ4n) is 2.00. The fraction of sp³-hybridized carbons (Fsp3) is 0.188. The van der Waals surface area contributed by atoms with Crippen LogP contribution < -0.4 is 10.1 Å². The molecule has 0 saturated heterocycles. The number of halogens is 2. The van der Waals surface area contributed by atoms with Crippen LogP contribution in [0.15, 0.2) is 35.7 Å². The lowest BCUT2D eigenvalue weighted by atomic mass is 10.2. The Kier molecular flexibility index (Phi) is 5.90. The largest absolute Gasteiger partial charge is 0.479 e. The molecule has 1 amide bonds. The Hall–Kier alpha value is -1.67. The minimum atomic E-state index is -0.718. The summed E-state index contributed by atoms with van der Waals surface area (Å²) in [5, 5.41) is 14.9. The first-order valence-corrected chi connectivity index (χ1v) is 9.82. The molecule has 1 aromatic carbocycles. The van der Waals surface area contributed by atoms with Gasteiger partial charge in [-0.05, 0) is 30.0 Å². The van der Waals surface area contributed by atoms with Gasteiger partial charge in [-0.15, -0.1) is 21.5 Å². The molecule has 130 valence electrons. The molecule has 0 unspecified atom stereocenters. The van der Waals surface area contributed by atoms with E-state index in [2.05, 4.69) is 15.5 Å². The van der Waals surface area contributed by atoms with E-state index >= 15 is 0 Å². The van der Waals surface area contributed by atoms with Crippen molar-refractivity contribution in [2.24, 2.45) is 0 Å². The van der Waals surface area contributed by atoms with Crippen LogP contribution in [0.2, 0.25) is 10.0 Å². The third-order valence-electron chi connectivity index (χ3n) is 3.21. The lowest BCUT2D eigenvalue weighted by Crippen LogP contribution is -2.32. The van der Waals surface area contributed by atoms with E-state index < -0.39 is 6.10 Å². The molecule has 9 heteroatoms. The van der Waals surface area contributed by atoms with Crippen LogP contribution in [0.3, 0.4) is 0 Å². The molecule has 1 N–H and O–H groups in total. The van der Waals surface area contributed by atoms with E-state index in [-0.39, 0.29) is 5.91 Å². The summed E-state index contributed by atoms with van der Waals surface area (Å²) >= 11 is 14.9. The molecule has 0 aliphatic carbocycles. The van der Waals surface area contributed by atoms with Gasteiger partial charge in [0.1, 0.15) is 5.75 Å². The van der Waals surface area contributed by atoms with Crippen molar-refractivity contribution in [3.05, 3.63) is 45.8 Å². The second-order valence-electron chi connectivity index (χ2n) is 4.97. The highest BCUT2D eigenvalue weighted by Crippen LogP contribution is 2.31. The van der Waals surface area contributed by atoms with Gasteiger partial charge >= 0.3 is 0 Å². The van der Waals surface area contributed by atoms with E-state index in [4.69, 9.17) is 27.9 Å². The Labute approximate surface area is 162 Å². The Balaban J connectivity index is 1.69. The van der Waals surface area contributed by atoms with Crippen LogP contribution in [-0.2, 0) is 4.79 Å². The van der Waals surface area contributed by atoms with Crippen LogP contribution in [-0.4, -0.2) is 22.2 Å². The highest BCUT2D eigenvalue weighted by molar-refractivity contribution is 7.23. The lowest BCUT2D eigenvalue weighted by molar-refractivity contribution is -0.122.